The number of aryl methyl sites for hydroxylation is 1. The lowest BCUT2D eigenvalue weighted by Crippen LogP contribution is -2.33. The van der Waals surface area contributed by atoms with Crippen LogP contribution in [0.25, 0.3) is 0 Å². The molecule has 8 nitrogen and oxygen atoms in total. The van der Waals surface area contributed by atoms with E-state index in [1.165, 1.54) is 0 Å². The van der Waals surface area contributed by atoms with Crippen LogP contribution in [0.15, 0.2) is 59.1 Å². The van der Waals surface area contributed by atoms with Gasteiger partial charge in [0.15, 0.2) is 23.0 Å². The van der Waals surface area contributed by atoms with Gasteiger partial charge in [-0.05, 0) is 35.6 Å². The number of hydrogen-bond acceptors (Lipinski definition) is 6. The van der Waals surface area contributed by atoms with Crippen LogP contribution in [0.3, 0.4) is 0 Å². The van der Waals surface area contributed by atoms with E-state index < -0.39 is 0 Å². The molecule has 0 radical (unpaired) electrons. The molecule has 4 rings (SSSR count). The summed E-state index contributed by atoms with van der Waals surface area (Å²) >= 11 is 0. The first kappa shape index (κ1) is 23.4. The lowest BCUT2D eigenvalue weighted by Gasteiger charge is -2.23. The topological polar surface area (TPSA) is 93.9 Å². The molecule has 0 spiro atoms. The van der Waals surface area contributed by atoms with Crippen LogP contribution < -0.4 is 14.8 Å². The van der Waals surface area contributed by atoms with E-state index in [2.05, 4.69) is 24.3 Å². The maximum atomic E-state index is 12.9. The molecule has 2 heterocycles. The number of hydrogen-bond donors (Lipinski definition) is 1. The van der Waals surface area contributed by atoms with Crippen LogP contribution in [0.5, 0.6) is 11.5 Å². The number of carbonyl (C=O) groups excluding carboxylic acids is 2. The Morgan fingerprint density at radius 3 is 2.62 bits per heavy atom. The summed E-state index contributed by atoms with van der Waals surface area (Å²) in [5.74, 6) is 1.83. The highest BCUT2D eigenvalue weighted by Crippen LogP contribution is 2.32. The minimum atomic E-state index is -0.349. The Kier molecular flexibility index (Phi) is 7.47. The first-order valence-corrected chi connectivity index (χ1v) is 11.4. The zero-order valence-electron chi connectivity index (χ0n) is 19.5. The van der Waals surface area contributed by atoms with Gasteiger partial charge < -0.3 is 24.2 Å². The Balaban J connectivity index is 1.33. The van der Waals surface area contributed by atoms with Gasteiger partial charge in [-0.15, -0.1) is 0 Å². The van der Waals surface area contributed by atoms with Gasteiger partial charge in [0.1, 0.15) is 0 Å². The molecule has 178 valence electrons. The summed E-state index contributed by atoms with van der Waals surface area (Å²) in [5, 5.41) is 6.73. The molecular weight excluding hydrogens is 434 g/mol. The van der Waals surface area contributed by atoms with E-state index in [9.17, 15) is 9.59 Å². The van der Waals surface area contributed by atoms with Gasteiger partial charge in [0, 0.05) is 25.6 Å². The minimum Gasteiger partial charge on any atom is -0.454 e. The third kappa shape index (κ3) is 6.15. The summed E-state index contributed by atoms with van der Waals surface area (Å²) in [4.78, 5) is 27.2. The average molecular weight is 464 g/mol. The molecule has 3 aromatic rings. The highest BCUT2D eigenvalue weighted by atomic mass is 16.7. The van der Waals surface area contributed by atoms with Crippen LogP contribution >= 0.6 is 0 Å². The Morgan fingerprint density at radius 1 is 1.03 bits per heavy atom. The molecule has 2 amide bonds. The normalized spacial score (nSPS) is 12.1. The molecule has 1 aromatic heterocycles. The third-order valence-corrected chi connectivity index (χ3v) is 5.44. The second-order valence-corrected chi connectivity index (χ2v) is 8.70. The van der Waals surface area contributed by atoms with Crippen LogP contribution in [-0.2, 0) is 24.3 Å². The molecule has 8 heteroatoms. The first-order valence-electron chi connectivity index (χ1n) is 11.4. The van der Waals surface area contributed by atoms with Crippen molar-refractivity contribution in [2.75, 3.05) is 13.3 Å². The number of nitrogens with one attached hydrogen (secondary N) is 1. The van der Waals surface area contributed by atoms with Crippen molar-refractivity contribution in [3.05, 3.63) is 77.2 Å². The van der Waals surface area contributed by atoms with Crippen molar-refractivity contribution in [3.63, 3.8) is 0 Å². The van der Waals surface area contributed by atoms with Gasteiger partial charge in [-0.25, -0.2) is 0 Å². The number of nitrogens with zero attached hydrogens (tertiary/aromatic N) is 2. The second-order valence-electron chi connectivity index (χ2n) is 8.70. The number of carbonyl (C=O) groups is 2. The van der Waals surface area contributed by atoms with Gasteiger partial charge in [0.25, 0.3) is 5.91 Å². The van der Waals surface area contributed by atoms with Gasteiger partial charge in [-0.2, -0.15) is 0 Å². The van der Waals surface area contributed by atoms with Crippen molar-refractivity contribution < 1.29 is 23.6 Å². The van der Waals surface area contributed by atoms with Crippen molar-refractivity contribution in [3.8, 4) is 11.5 Å². The van der Waals surface area contributed by atoms with Gasteiger partial charge in [-0.3, -0.25) is 9.59 Å². The standard InChI is InChI=1S/C26H29N3O5/c1-18(2)15-29(25(30)11-9-19-6-4-3-5-7-19)16-21-13-22(28-34-21)26(31)27-14-20-8-10-23-24(12-20)33-17-32-23/h3-8,10,12-13,18H,9,11,14-17H2,1-2H3,(H,27,31). The molecule has 0 fully saturated rings. The van der Waals surface area contributed by atoms with Gasteiger partial charge in [0.2, 0.25) is 12.7 Å². The van der Waals surface area contributed by atoms with Gasteiger partial charge in [-0.1, -0.05) is 55.4 Å². The SMILES string of the molecule is CC(C)CN(Cc1cc(C(=O)NCc2ccc3c(c2)OCO3)no1)C(=O)CCc1ccccc1. The second kappa shape index (κ2) is 10.9. The molecule has 1 aliphatic rings. The van der Waals surface area contributed by atoms with Crippen molar-refractivity contribution in [2.45, 2.75) is 39.8 Å². The Morgan fingerprint density at radius 2 is 1.82 bits per heavy atom. The predicted molar refractivity (Wildman–Crippen MR) is 125 cm³/mol. The number of ether oxygens (including phenoxy) is 2. The molecule has 2 aromatic carbocycles. The highest BCUT2D eigenvalue weighted by molar-refractivity contribution is 5.92. The molecule has 0 unspecified atom stereocenters. The first-order chi connectivity index (χ1) is 16.5. The number of fused-ring (bicyclic) bond motifs is 1. The molecule has 1 aliphatic heterocycles. The number of rotatable bonds is 10. The molecule has 0 aliphatic carbocycles. The fraction of sp³-hybridized carbons (Fsp3) is 0.346. The van der Waals surface area contributed by atoms with Crippen molar-refractivity contribution in [1.29, 1.82) is 0 Å². The number of amides is 2. The largest absolute Gasteiger partial charge is 0.454 e. The molecule has 34 heavy (non-hydrogen) atoms. The summed E-state index contributed by atoms with van der Waals surface area (Å²) in [6.07, 6.45) is 1.09. The molecule has 1 N–H and O–H groups in total. The predicted octanol–water partition coefficient (Wildman–Crippen LogP) is 3.95. The Labute approximate surface area is 198 Å². The quantitative estimate of drug-likeness (QED) is 0.489. The van der Waals surface area contributed by atoms with E-state index in [1.807, 2.05) is 48.5 Å². The summed E-state index contributed by atoms with van der Waals surface area (Å²) in [5.41, 5.74) is 2.19. The minimum absolute atomic E-state index is 0.0442. The Bertz CT molecular complexity index is 1130. The van der Waals surface area contributed by atoms with Crippen LogP contribution in [0, 0.1) is 5.92 Å². The van der Waals surface area contributed by atoms with Gasteiger partial charge >= 0.3 is 0 Å². The highest BCUT2D eigenvalue weighted by Gasteiger charge is 2.20. The van der Waals surface area contributed by atoms with E-state index in [-0.39, 0.29) is 30.8 Å². The zero-order chi connectivity index (χ0) is 23.9. The van der Waals surface area contributed by atoms with E-state index in [1.54, 1.807) is 11.0 Å². The van der Waals surface area contributed by atoms with E-state index in [0.29, 0.717) is 49.1 Å². The van der Waals surface area contributed by atoms with Gasteiger partial charge in [0.05, 0.1) is 6.54 Å². The van der Waals surface area contributed by atoms with E-state index in [0.717, 1.165) is 11.1 Å². The summed E-state index contributed by atoms with van der Waals surface area (Å²) in [7, 11) is 0. The number of aromatic nitrogens is 1. The van der Waals surface area contributed by atoms with Crippen LogP contribution in [0.4, 0.5) is 0 Å². The van der Waals surface area contributed by atoms with Crippen LogP contribution in [0.1, 0.15) is 47.6 Å². The maximum absolute atomic E-state index is 12.9. The summed E-state index contributed by atoms with van der Waals surface area (Å²) in [6.45, 7) is 5.51. The lowest BCUT2D eigenvalue weighted by atomic mass is 10.1. The molecule has 0 saturated carbocycles. The van der Waals surface area contributed by atoms with E-state index in [4.69, 9.17) is 14.0 Å². The molecule has 0 atom stereocenters. The van der Waals surface area contributed by atoms with Crippen LogP contribution in [-0.4, -0.2) is 35.2 Å². The summed E-state index contributed by atoms with van der Waals surface area (Å²) in [6, 6.07) is 17.1. The van der Waals surface area contributed by atoms with Crippen molar-refractivity contribution in [1.82, 2.24) is 15.4 Å². The number of benzene rings is 2. The fourth-order valence-electron chi connectivity index (χ4n) is 3.76. The fourth-order valence-corrected chi connectivity index (χ4v) is 3.76. The van der Waals surface area contributed by atoms with E-state index >= 15 is 0 Å². The van der Waals surface area contributed by atoms with Crippen LogP contribution in [0.2, 0.25) is 0 Å². The molecule has 0 bridgehead atoms. The molecular formula is C26H29N3O5. The maximum Gasteiger partial charge on any atom is 0.273 e. The zero-order valence-corrected chi connectivity index (χ0v) is 19.5. The van der Waals surface area contributed by atoms with Crippen molar-refractivity contribution >= 4 is 11.8 Å². The lowest BCUT2D eigenvalue weighted by molar-refractivity contribution is -0.132. The smallest absolute Gasteiger partial charge is 0.273 e. The van der Waals surface area contributed by atoms with Crippen molar-refractivity contribution in [2.24, 2.45) is 5.92 Å². The summed E-state index contributed by atoms with van der Waals surface area (Å²) < 4.78 is 16.0. The monoisotopic (exact) mass is 463 g/mol. The third-order valence-electron chi connectivity index (χ3n) is 5.44. The average Bonchev–Trinajstić information content (AvgIpc) is 3.50. The Hall–Kier alpha value is -3.81. The molecule has 0 saturated heterocycles.